The second kappa shape index (κ2) is 4.63. The summed E-state index contributed by atoms with van der Waals surface area (Å²) in [5.41, 5.74) is 2.00. The maximum atomic E-state index is 12.5. The van der Waals surface area contributed by atoms with Gasteiger partial charge in [-0.25, -0.2) is 0 Å². The Balaban J connectivity index is 2.06. The first kappa shape index (κ1) is 13.2. The largest absolute Gasteiger partial charge is 0.481 e. The molecule has 2 aromatic heterocycles. The van der Waals surface area contributed by atoms with Gasteiger partial charge in [0, 0.05) is 18.3 Å². The average Bonchev–Trinajstić information content (AvgIpc) is 3.02. The van der Waals surface area contributed by atoms with Crippen LogP contribution in [0.3, 0.4) is 0 Å². The molecule has 0 fully saturated rings. The molecule has 0 saturated carbocycles. The highest BCUT2D eigenvalue weighted by Gasteiger charge is 2.33. The summed E-state index contributed by atoms with van der Waals surface area (Å²) in [4.78, 5) is 23.7. The Labute approximate surface area is 123 Å². The van der Waals surface area contributed by atoms with E-state index in [2.05, 4.69) is 15.9 Å². The van der Waals surface area contributed by atoms with Crippen LogP contribution in [0, 0.1) is 6.92 Å². The fourth-order valence-corrected chi connectivity index (χ4v) is 3.05. The molecule has 0 amide bonds. The van der Waals surface area contributed by atoms with Crippen LogP contribution in [0.4, 0.5) is 0 Å². The van der Waals surface area contributed by atoms with E-state index in [-0.39, 0.29) is 11.5 Å². The van der Waals surface area contributed by atoms with Gasteiger partial charge in [-0.2, -0.15) is 0 Å². The number of furan rings is 1. The van der Waals surface area contributed by atoms with Crippen LogP contribution in [0.15, 0.2) is 27.3 Å². The SMILES string of the molecule is Cc1cc2n(c1C(=O)c1cc(Br)co1)CCC2C(=O)O. The number of hydrogen-bond donors (Lipinski definition) is 1. The van der Waals surface area contributed by atoms with Gasteiger partial charge in [0.2, 0.25) is 5.78 Å². The smallest absolute Gasteiger partial charge is 0.312 e. The van der Waals surface area contributed by atoms with Gasteiger partial charge in [-0.3, -0.25) is 9.59 Å². The first-order chi connectivity index (χ1) is 9.49. The van der Waals surface area contributed by atoms with Crippen molar-refractivity contribution in [2.75, 3.05) is 0 Å². The molecule has 1 unspecified atom stereocenters. The lowest BCUT2D eigenvalue weighted by atomic mass is 10.0. The lowest BCUT2D eigenvalue weighted by molar-refractivity contribution is -0.138. The number of hydrogen-bond acceptors (Lipinski definition) is 3. The van der Waals surface area contributed by atoms with Gasteiger partial charge >= 0.3 is 5.97 Å². The summed E-state index contributed by atoms with van der Waals surface area (Å²) in [6, 6.07) is 3.41. The minimum Gasteiger partial charge on any atom is -0.481 e. The zero-order chi connectivity index (χ0) is 14.4. The van der Waals surface area contributed by atoms with Gasteiger partial charge in [-0.1, -0.05) is 0 Å². The Hall–Kier alpha value is -1.82. The maximum Gasteiger partial charge on any atom is 0.312 e. The number of aliphatic carboxylic acids is 1. The Morgan fingerprint density at radius 3 is 2.80 bits per heavy atom. The molecule has 5 nitrogen and oxygen atoms in total. The van der Waals surface area contributed by atoms with Crippen LogP contribution in [-0.4, -0.2) is 21.4 Å². The van der Waals surface area contributed by atoms with Gasteiger partial charge < -0.3 is 14.1 Å². The number of carboxylic acids is 1. The Bertz CT molecular complexity index is 713. The summed E-state index contributed by atoms with van der Waals surface area (Å²) < 4.78 is 7.72. The van der Waals surface area contributed by atoms with E-state index in [0.29, 0.717) is 28.8 Å². The van der Waals surface area contributed by atoms with Crippen molar-refractivity contribution in [1.29, 1.82) is 0 Å². The normalized spacial score (nSPS) is 17.2. The van der Waals surface area contributed by atoms with Crippen molar-refractivity contribution in [3.05, 3.63) is 45.6 Å². The third-order valence-electron chi connectivity index (χ3n) is 3.62. The lowest BCUT2D eigenvalue weighted by Gasteiger charge is -2.04. The molecule has 1 atom stereocenters. The van der Waals surface area contributed by atoms with Crippen LogP contribution in [0.25, 0.3) is 0 Å². The summed E-state index contributed by atoms with van der Waals surface area (Å²) >= 11 is 3.24. The van der Waals surface area contributed by atoms with Gasteiger partial charge in [-0.05, 0) is 40.9 Å². The predicted molar refractivity (Wildman–Crippen MR) is 74.0 cm³/mol. The summed E-state index contributed by atoms with van der Waals surface area (Å²) in [7, 11) is 0. The Morgan fingerprint density at radius 2 is 2.20 bits per heavy atom. The van der Waals surface area contributed by atoms with Gasteiger partial charge in [0.25, 0.3) is 0 Å². The molecule has 0 saturated heterocycles. The highest BCUT2D eigenvalue weighted by atomic mass is 79.9. The molecule has 0 aliphatic carbocycles. The van der Waals surface area contributed by atoms with Crippen LogP contribution in [0.2, 0.25) is 0 Å². The number of ketones is 1. The van der Waals surface area contributed by atoms with Crippen LogP contribution in [-0.2, 0) is 11.3 Å². The molecule has 1 N–H and O–H groups in total. The molecule has 0 spiro atoms. The number of aryl methyl sites for hydroxylation is 1. The highest BCUT2D eigenvalue weighted by Crippen LogP contribution is 2.34. The van der Waals surface area contributed by atoms with Crippen molar-refractivity contribution < 1.29 is 19.1 Å². The number of fused-ring (bicyclic) bond motifs is 1. The quantitative estimate of drug-likeness (QED) is 0.874. The van der Waals surface area contributed by atoms with Crippen molar-refractivity contribution >= 4 is 27.7 Å². The van der Waals surface area contributed by atoms with Gasteiger partial charge in [0.05, 0.1) is 16.1 Å². The van der Waals surface area contributed by atoms with Crippen LogP contribution < -0.4 is 0 Å². The number of carbonyl (C=O) groups is 2. The van der Waals surface area contributed by atoms with Crippen molar-refractivity contribution in [3.63, 3.8) is 0 Å². The molecule has 3 rings (SSSR count). The number of nitrogens with zero attached hydrogens (tertiary/aromatic N) is 1. The van der Waals surface area contributed by atoms with E-state index < -0.39 is 11.9 Å². The summed E-state index contributed by atoms with van der Waals surface area (Å²) in [6.07, 6.45) is 1.98. The number of carbonyl (C=O) groups excluding carboxylic acids is 1. The third-order valence-corrected chi connectivity index (χ3v) is 4.04. The fraction of sp³-hybridized carbons (Fsp3) is 0.286. The van der Waals surface area contributed by atoms with Gasteiger partial charge in [-0.15, -0.1) is 0 Å². The maximum absolute atomic E-state index is 12.5. The monoisotopic (exact) mass is 337 g/mol. The summed E-state index contributed by atoms with van der Waals surface area (Å²) in [6.45, 7) is 2.36. The van der Waals surface area contributed by atoms with E-state index >= 15 is 0 Å². The van der Waals surface area contributed by atoms with E-state index in [4.69, 9.17) is 4.42 Å². The zero-order valence-electron chi connectivity index (χ0n) is 10.7. The molecule has 104 valence electrons. The second-order valence-electron chi connectivity index (χ2n) is 4.89. The highest BCUT2D eigenvalue weighted by molar-refractivity contribution is 9.10. The fourth-order valence-electron chi connectivity index (χ4n) is 2.75. The molecular formula is C14H12BrNO4. The van der Waals surface area contributed by atoms with E-state index in [1.165, 1.54) is 6.26 Å². The molecule has 0 bridgehead atoms. The number of halogens is 1. The Morgan fingerprint density at radius 1 is 1.45 bits per heavy atom. The molecule has 3 heterocycles. The molecule has 1 aliphatic rings. The molecule has 0 aromatic carbocycles. The molecule has 1 aliphatic heterocycles. The number of rotatable bonds is 3. The minimum absolute atomic E-state index is 0.217. The van der Waals surface area contributed by atoms with E-state index in [1.807, 2.05) is 6.92 Å². The number of aromatic nitrogens is 1. The number of carboxylic acid groups (broad SMARTS) is 1. The zero-order valence-corrected chi connectivity index (χ0v) is 12.3. The van der Waals surface area contributed by atoms with Gasteiger partial charge in [0.15, 0.2) is 5.76 Å². The lowest BCUT2D eigenvalue weighted by Crippen LogP contribution is -2.10. The summed E-state index contributed by atoms with van der Waals surface area (Å²) in [5.74, 6) is -1.34. The average molecular weight is 338 g/mol. The summed E-state index contributed by atoms with van der Waals surface area (Å²) in [5, 5.41) is 9.20. The van der Waals surface area contributed by atoms with Crippen molar-refractivity contribution in [3.8, 4) is 0 Å². The standard InChI is InChI=1S/C14H12BrNO4/c1-7-4-10-9(14(18)19)2-3-16(10)12(7)13(17)11-5-8(15)6-20-11/h4-6,9H,2-3H2,1H3,(H,18,19). The van der Waals surface area contributed by atoms with Crippen molar-refractivity contribution in [2.24, 2.45) is 0 Å². The third kappa shape index (κ3) is 1.91. The van der Waals surface area contributed by atoms with Crippen molar-refractivity contribution in [1.82, 2.24) is 4.57 Å². The molecular weight excluding hydrogens is 326 g/mol. The van der Waals surface area contributed by atoms with Crippen LogP contribution >= 0.6 is 15.9 Å². The first-order valence-electron chi connectivity index (χ1n) is 6.20. The molecule has 0 radical (unpaired) electrons. The van der Waals surface area contributed by atoms with E-state index in [0.717, 1.165) is 5.56 Å². The van der Waals surface area contributed by atoms with Crippen molar-refractivity contribution in [2.45, 2.75) is 25.8 Å². The first-order valence-corrected chi connectivity index (χ1v) is 7.00. The minimum atomic E-state index is -0.846. The van der Waals surface area contributed by atoms with E-state index in [9.17, 15) is 14.7 Å². The second-order valence-corrected chi connectivity index (χ2v) is 5.81. The molecule has 2 aromatic rings. The predicted octanol–water partition coefficient (Wildman–Crippen LogP) is 2.95. The van der Waals surface area contributed by atoms with Crippen LogP contribution in [0.5, 0.6) is 0 Å². The van der Waals surface area contributed by atoms with E-state index in [1.54, 1.807) is 16.7 Å². The Kier molecular flexibility index (Phi) is 3.05. The topological polar surface area (TPSA) is 72.4 Å². The van der Waals surface area contributed by atoms with Crippen LogP contribution in [0.1, 0.15) is 39.8 Å². The molecule has 20 heavy (non-hydrogen) atoms. The molecule has 6 heteroatoms. The van der Waals surface area contributed by atoms with Gasteiger partial charge in [0.1, 0.15) is 6.26 Å².